The Bertz CT molecular complexity index is 1720. The Balaban J connectivity index is 1.10. The van der Waals surface area contributed by atoms with E-state index in [1.165, 1.54) is 48.7 Å². The lowest BCUT2D eigenvalue weighted by Gasteiger charge is -2.26. The number of aryl methyl sites for hydroxylation is 1. The van der Waals surface area contributed by atoms with E-state index in [9.17, 15) is 14.4 Å². The molecule has 11 heteroatoms. The zero-order valence-corrected chi connectivity index (χ0v) is 29.7. The average molecular weight is 706 g/mol. The number of piperidine rings is 1. The summed E-state index contributed by atoms with van der Waals surface area (Å²) in [5.41, 5.74) is 3.86. The van der Waals surface area contributed by atoms with Gasteiger partial charge in [-0.05, 0) is 117 Å². The zero-order chi connectivity index (χ0) is 34.6. The predicted octanol–water partition coefficient (Wildman–Crippen LogP) is 7.30. The van der Waals surface area contributed by atoms with Gasteiger partial charge in [0.25, 0.3) is 0 Å². The Labute approximate surface area is 297 Å². The van der Waals surface area contributed by atoms with E-state index < -0.39 is 17.9 Å². The van der Waals surface area contributed by atoms with Crippen molar-refractivity contribution in [1.29, 1.82) is 0 Å². The van der Waals surface area contributed by atoms with Crippen molar-refractivity contribution in [3.05, 3.63) is 94.1 Å². The average Bonchev–Trinajstić information content (AvgIpc) is 3.43. The van der Waals surface area contributed by atoms with Crippen molar-refractivity contribution in [2.24, 2.45) is 0 Å². The number of hydrogen-bond donors (Lipinski definition) is 2. The second-order valence-electron chi connectivity index (χ2n) is 12.2. The number of carbonyl (C=O) groups excluding carboxylic acids is 3. The second-order valence-corrected chi connectivity index (χ2v) is 13.8. The number of benzene rings is 3. The van der Waals surface area contributed by atoms with Crippen LogP contribution in [0, 0.1) is 6.92 Å². The molecule has 0 radical (unpaired) electrons. The number of halogens is 1. The fraction of sp³-hybridized carbons (Fsp3) is 0.395. The number of nitrogens with zero attached hydrogens (tertiary/aromatic N) is 1. The topological polar surface area (TPSA) is 110 Å². The van der Waals surface area contributed by atoms with Gasteiger partial charge in [-0.15, -0.1) is 0 Å². The predicted molar refractivity (Wildman–Crippen MR) is 195 cm³/mol. The monoisotopic (exact) mass is 705 g/mol. The Morgan fingerprint density at radius 3 is 2.57 bits per heavy atom. The van der Waals surface area contributed by atoms with Crippen LogP contribution in [-0.4, -0.2) is 72.6 Å². The number of fused-ring (bicyclic) bond motifs is 1. The van der Waals surface area contributed by atoms with Crippen molar-refractivity contribution in [1.82, 2.24) is 15.2 Å². The lowest BCUT2D eigenvalue weighted by molar-refractivity contribution is -0.139. The van der Waals surface area contributed by atoms with Gasteiger partial charge in [0.1, 0.15) is 11.5 Å². The fourth-order valence-corrected chi connectivity index (χ4v) is 7.07. The SMILES string of the molecule is COc1ccc2[nH]c(C)c(C(CCSCC(=O)NCCCOc3cccc(CN4CCCCC4)c3)C(=O)OC(=O)c3ccc(Cl)cc3)c2c1. The molecule has 0 spiro atoms. The van der Waals surface area contributed by atoms with Crippen LogP contribution in [0.4, 0.5) is 0 Å². The minimum Gasteiger partial charge on any atom is -0.497 e. The first-order chi connectivity index (χ1) is 23.8. The van der Waals surface area contributed by atoms with Gasteiger partial charge in [-0.3, -0.25) is 14.5 Å². The van der Waals surface area contributed by atoms with E-state index in [4.69, 9.17) is 25.8 Å². The first-order valence-corrected chi connectivity index (χ1v) is 18.3. The van der Waals surface area contributed by atoms with Crippen LogP contribution in [0.1, 0.15) is 65.2 Å². The highest BCUT2D eigenvalue weighted by atomic mass is 35.5. The molecule has 5 rings (SSSR count). The molecular weight excluding hydrogens is 662 g/mol. The van der Waals surface area contributed by atoms with Gasteiger partial charge in [-0.2, -0.15) is 11.8 Å². The summed E-state index contributed by atoms with van der Waals surface area (Å²) in [6.45, 7) is 6.16. The van der Waals surface area contributed by atoms with Gasteiger partial charge < -0.3 is 24.5 Å². The van der Waals surface area contributed by atoms with Crippen LogP contribution in [0.5, 0.6) is 11.5 Å². The molecule has 1 amide bonds. The van der Waals surface area contributed by atoms with Gasteiger partial charge in [0.05, 0.1) is 31.0 Å². The van der Waals surface area contributed by atoms with Crippen LogP contribution in [0.3, 0.4) is 0 Å². The minimum atomic E-state index is -0.747. The van der Waals surface area contributed by atoms with Crippen molar-refractivity contribution in [2.75, 3.05) is 44.9 Å². The van der Waals surface area contributed by atoms with Gasteiger partial charge in [0.15, 0.2) is 0 Å². The Morgan fingerprint density at radius 1 is 1.00 bits per heavy atom. The number of amides is 1. The molecule has 1 atom stereocenters. The van der Waals surface area contributed by atoms with E-state index in [2.05, 4.69) is 27.3 Å². The van der Waals surface area contributed by atoms with Gasteiger partial charge in [-0.25, -0.2) is 4.79 Å². The molecule has 1 aliphatic rings. The largest absolute Gasteiger partial charge is 0.497 e. The first kappa shape index (κ1) is 36.3. The molecule has 49 heavy (non-hydrogen) atoms. The molecule has 1 unspecified atom stereocenters. The summed E-state index contributed by atoms with van der Waals surface area (Å²) in [6, 6.07) is 20.0. The lowest BCUT2D eigenvalue weighted by Crippen LogP contribution is -2.29. The maximum Gasteiger partial charge on any atom is 0.345 e. The molecule has 9 nitrogen and oxygen atoms in total. The van der Waals surface area contributed by atoms with Gasteiger partial charge in [-0.1, -0.05) is 30.2 Å². The first-order valence-electron chi connectivity index (χ1n) is 16.8. The van der Waals surface area contributed by atoms with Crippen molar-refractivity contribution in [3.8, 4) is 11.5 Å². The van der Waals surface area contributed by atoms with Crippen LogP contribution in [0.15, 0.2) is 66.7 Å². The van der Waals surface area contributed by atoms with Gasteiger partial charge in [0, 0.05) is 34.7 Å². The number of nitrogens with one attached hydrogen (secondary N) is 2. The number of esters is 2. The fourth-order valence-electron chi connectivity index (χ4n) is 6.11. The normalized spacial score (nSPS) is 13.9. The van der Waals surface area contributed by atoms with E-state index in [-0.39, 0.29) is 17.2 Å². The lowest BCUT2D eigenvalue weighted by atomic mass is 9.93. The quantitative estimate of drug-likeness (QED) is 0.0710. The van der Waals surface area contributed by atoms with Gasteiger partial charge in [0.2, 0.25) is 5.91 Å². The highest BCUT2D eigenvalue weighted by Crippen LogP contribution is 2.35. The smallest absolute Gasteiger partial charge is 0.345 e. The Kier molecular flexibility index (Phi) is 13.4. The molecule has 1 aliphatic heterocycles. The zero-order valence-electron chi connectivity index (χ0n) is 28.1. The number of likely N-dealkylation sites (tertiary alicyclic amines) is 1. The third-order valence-corrected chi connectivity index (χ3v) is 9.84. The van der Waals surface area contributed by atoms with E-state index in [1.54, 1.807) is 19.2 Å². The summed E-state index contributed by atoms with van der Waals surface area (Å²) in [4.78, 5) is 44.8. The molecule has 4 aromatic rings. The standard InChI is InChI=1S/C38H44ClN3O6S/c1-26-36(33-23-30(46-2)14-15-34(33)41-26)32(38(45)48-37(44)28-10-12-29(39)13-11-28)16-21-49-25-35(43)40-17-7-20-47-31-9-6-8-27(22-31)24-42-18-4-3-5-19-42/h6,8-15,22-23,32,41H,3-5,7,16-21,24-25H2,1-2H3,(H,40,43). The Hall–Kier alpha value is -3.99. The molecule has 0 aliphatic carbocycles. The molecular formula is C38H44ClN3O6S. The summed E-state index contributed by atoms with van der Waals surface area (Å²) >= 11 is 7.38. The summed E-state index contributed by atoms with van der Waals surface area (Å²) in [5, 5.41) is 4.25. The number of thioether (sulfide) groups is 1. The summed E-state index contributed by atoms with van der Waals surface area (Å²) in [6.07, 6.45) is 4.91. The highest BCUT2D eigenvalue weighted by Gasteiger charge is 2.29. The van der Waals surface area contributed by atoms with E-state index in [0.717, 1.165) is 47.5 Å². The number of hydrogen-bond acceptors (Lipinski definition) is 8. The second kappa shape index (κ2) is 18.1. The summed E-state index contributed by atoms with van der Waals surface area (Å²) in [7, 11) is 1.58. The number of methoxy groups -OCH3 is 1. The molecule has 260 valence electrons. The van der Waals surface area contributed by atoms with E-state index in [0.29, 0.717) is 42.5 Å². The molecule has 1 fully saturated rings. The molecule has 0 bridgehead atoms. The van der Waals surface area contributed by atoms with Crippen LogP contribution >= 0.6 is 23.4 Å². The minimum absolute atomic E-state index is 0.0846. The van der Waals surface area contributed by atoms with Gasteiger partial charge >= 0.3 is 11.9 Å². The number of aromatic nitrogens is 1. The van der Waals surface area contributed by atoms with Crippen molar-refractivity contribution in [2.45, 2.75) is 51.5 Å². The van der Waals surface area contributed by atoms with Crippen molar-refractivity contribution < 1.29 is 28.6 Å². The molecule has 2 N–H and O–H groups in total. The highest BCUT2D eigenvalue weighted by molar-refractivity contribution is 7.99. The molecule has 2 heterocycles. The van der Waals surface area contributed by atoms with E-state index >= 15 is 0 Å². The Morgan fingerprint density at radius 2 is 1.80 bits per heavy atom. The third-order valence-electron chi connectivity index (χ3n) is 8.60. The molecule has 1 aromatic heterocycles. The number of H-pyrrole nitrogens is 1. The van der Waals surface area contributed by atoms with Crippen LogP contribution in [0.25, 0.3) is 10.9 Å². The van der Waals surface area contributed by atoms with Crippen LogP contribution in [0.2, 0.25) is 5.02 Å². The maximum absolute atomic E-state index is 13.6. The maximum atomic E-state index is 13.6. The summed E-state index contributed by atoms with van der Waals surface area (Å²) < 4.78 is 16.8. The van der Waals surface area contributed by atoms with Crippen LogP contribution < -0.4 is 14.8 Å². The van der Waals surface area contributed by atoms with E-state index in [1.807, 2.05) is 37.3 Å². The number of carbonyl (C=O) groups is 3. The molecule has 1 saturated heterocycles. The number of aromatic amines is 1. The summed E-state index contributed by atoms with van der Waals surface area (Å²) in [5.74, 6) is -0.00224. The molecule has 0 saturated carbocycles. The van der Waals surface area contributed by atoms with Crippen molar-refractivity contribution >= 4 is 52.1 Å². The number of ether oxygens (including phenoxy) is 3. The van der Waals surface area contributed by atoms with Crippen molar-refractivity contribution in [3.63, 3.8) is 0 Å². The van der Waals surface area contributed by atoms with Crippen LogP contribution in [-0.2, 0) is 20.9 Å². The molecule has 3 aromatic carbocycles. The number of rotatable bonds is 16. The third kappa shape index (κ3) is 10.5.